The number of aromatic nitrogens is 1. The molecule has 9 heteroatoms. The number of hydrogen-bond acceptors (Lipinski definition) is 4. The SMILES string of the molecule is CC(C)[C@H](NC(=O)N1CCN(C(=O)c2cc3ccccc3[nH]2)CC1)C(=O)NCc1ccco1. The van der Waals surface area contributed by atoms with Crippen LogP contribution in [-0.2, 0) is 11.3 Å². The van der Waals surface area contributed by atoms with Gasteiger partial charge in [0.1, 0.15) is 17.5 Å². The van der Waals surface area contributed by atoms with Crippen molar-refractivity contribution in [1.82, 2.24) is 25.4 Å². The maximum absolute atomic E-state index is 12.9. The highest BCUT2D eigenvalue weighted by Gasteiger charge is 2.29. The Hall–Kier alpha value is -3.75. The summed E-state index contributed by atoms with van der Waals surface area (Å²) in [5, 5.41) is 6.64. The van der Waals surface area contributed by atoms with Crippen LogP contribution in [0.1, 0.15) is 30.1 Å². The molecular formula is C24H29N5O4. The number of hydrogen-bond donors (Lipinski definition) is 3. The lowest BCUT2D eigenvalue weighted by atomic mass is 10.0. The molecule has 0 bridgehead atoms. The Bertz CT molecular complexity index is 1080. The van der Waals surface area contributed by atoms with Crippen molar-refractivity contribution in [2.75, 3.05) is 26.2 Å². The Morgan fingerprint density at radius 1 is 1.03 bits per heavy atom. The van der Waals surface area contributed by atoms with Crippen molar-refractivity contribution >= 4 is 28.7 Å². The maximum Gasteiger partial charge on any atom is 0.318 e. The molecule has 1 atom stereocenters. The van der Waals surface area contributed by atoms with Crippen molar-refractivity contribution in [3.05, 3.63) is 60.2 Å². The van der Waals surface area contributed by atoms with E-state index in [1.165, 1.54) is 0 Å². The van der Waals surface area contributed by atoms with Crippen LogP contribution in [0.5, 0.6) is 0 Å². The average molecular weight is 452 g/mol. The summed E-state index contributed by atoms with van der Waals surface area (Å²) in [7, 11) is 0. The number of nitrogens with one attached hydrogen (secondary N) is 3. The molecule has 1 fully saturated rings. The first-order valence-electron chi connectivity index (χ1n) is 11.1. The number of benzene rings is 1. The molecule has 33 heavy (non-hydrogen) atoms. The lowest BCUT2D eigenvalue weighted by Crippen LogP contribution is -2.57. The van der Waals surface area contributed by atoms with E-state index >= 15 is 0 Å². The highest BCUT2D eigenvalue weighted by atomic mass is 16.3. The van der Waals surface area contributed by atoms with Gasteiger partial charge < -0.3 is 29.8 Å². The molecule has 4 amide bonds. The van der Waals surface area contributed by atoms with Gasteiger partial charge in [-0.05, 0) is 30.2 Å². The Morgan fingerprint density at radius 2 is 1.76 bits per heavy atom. The van der Waals surface area contributed by atoms with Crippen LogP contribution >= 0.6 is 0 Å². The third kappa shape index (κ3) is 5.19. The topological polar surface area (TPSA) is 111 Å². The van der Waals surface area contributed by atoms with Gasteiger partial charge in [0, 0.05) is 37.1 Å². The number of carbonyl (C=O) groups excluding carboxylic acids is 3. The van der Waals surface area contributed by atoms with Crippen LogP contribution in [0.4, 0.5) is 4.79 Å². The monoisotopic (exact) mass is 451 g/mol. The first-order chi connectivity index (χ1) is 15.9. The number of amides is 4. The number of rotatable bonds is 6. The van der Waals surface area contributed by atoms with Gasteiger partial charge in [0.2, 0.25) is 5.91 Å². The second-order valence-corrected chi connectivity index (χ2v) is 8.52. The van der Waals surface area contributed by atoms with Gasteiger partial charge in [-0.2, -0.15) is 0 Å². The molecule has 3 heterocycles. The molecular weight excluding hydrogens is 422 g/mol. The van der Waals surface area contributed by atoms with Crippen LogP contribution in [0.2, 0.25) is 0 Å². The van der Waals surface area contributed by atoms with Crippen LogP contribution < -0.4 is 10.6 Å². The Morgan fingerprint density at radius 3 is 2.42 bits per heavy atom. The number of furan rings is 1. The summed E-state index contributed by atoms with van der Waals surface area (Å²) < 4.78 is 5.23. The predicted molar refractivity (Wildman–Crippen MR) is 123 cm³/mol. The van der Waals surface area contributed by atoms with Crippen LogP contribution in [0.25, 0.3) is 10.9 Å². The molecule has 174 valence electrons. The second-order valence-electron chi connectivity index (χ2n) is 8.52. The lowest BCUT2D eigenvalue weighted by Gasteiger charge is -2.35. The number of urea groups is 1. The number of carbonyl (C=O) groups is 3. The third-order valence-corrected chi connectivity index (χ3v) is 5.86. The molecule has 1 aromatic carbocycles. The smallest absolute Gasteiger partial charge is 0.318 e. The highest BCUT2D eigenvalue weighted by molar-refractivity contribution is 5.98. The van der Waals surface area contributed by atoms with Crippen molar-refractivity contribution < 1.29 is 18.8 Å². The van der Waals surface area contributed by atoms with Gasteiger partial charge in [-0.1, -0.05) is 32.0 Å². The lowest BCUT2D eigenvalue weighted by molar-refractivity contribution is -0.124. The molecule has 3 aromatic rings. The minimum atomic E-state index is -0.668. The summed E-state index contributed by atoms with van der Waals surface area (Å²) in [6.07, 6.45) is 1.55. The fourth-order valence-corrected chi connectivity index (χ4v) is 3.93. The molecule has 1 saturated heterocycles. The highest BCUT2D eigenvalue weighted by Crippen LogP contribution is 2.17. The van der Waals surface area contributed by atoms with Gasteiger partial charge in [0.25, 0.3) is 5.91 Å². The molecule has 0 unspecified atom stereocenters. The number of aromatic amines is 1. The Balaban J connectivity index is 1.30. The minimum absolute atomic E-state index is 0.0800. The third-order valence-electron chi connectivity index (χ3n) is 5.86. The van der Waals surface area contributed by atoms with E-state index in [2.05, 4.69) is 15.6 Å². The van der Waals surface area contributed by atoms with Gasteiger partial charge in [-0.15, -0.1) is 0 Å². The summed E-state index contributed by atoms with van der Waals surface area (Å²) in [5.41, 5.74) is 1.46. The number of nitrogens with zero attached hydrogens (tertiary/aromatic N) is 2. The van der Waals surface area contributed by atoms with Crippen LogP contribution in [0.3, 0.4) is 0 Å². The van der Waals surface area contributed by atoms with Crippen molar-refractivity contribution in [3.8, 4) is 0 Å². The maximum atomic E-state index is 12.9. The Kier molecular flexibility index (Phi) is 6.67. The van der Waals surface area contributed by atoms with Crippen molar-refractivity contribution in [3.63, 3.8) is 0 Å². The molecule has 3 N–H and O–H groups in total. The minimum Gasteiger partial charge on any atom is -0.467 e. The Labute approximate surface area is 192 Å². The average Bonchev–Trinajstić information content (AvgIpc) is 3.50. The van der Waals surface area contributed by atoms with E-state index in [0.717, 1.165) is 10.9 Å². The quantitative estimate of drug-likeness (QED) is 0.535. The number of H-pyrrole nitrogens is 1. The zero-order valence-corrected chi connectivity index (χ0v) is 18.8. The molecule has 4 rings (SSSR count). The van der Waals surface area contributed by atoms with Crippen molar-refractivity contribution in [2.45, 2.75) is 26.4 Å². The summed E-state index contributed by atoms with van der Waals surface area (Å²) in [6.45, 7) is 5.69. The molecule has 0 saturated carbocycles. The van der Waals surface area contributed by atoms with E-state index in [-0.39, 0.29) is 30.3 Å². The molecule has 1 aliphatic rings. The van der Waals surface area contributed by atoms with Crippen LogP contribution in [0, 0.1) is 5.92 Å². The zero-order chi connectivity index (χ0) is 23.4. The largest absolute Gasteiger partial charge is 0.467 e. The second kappa shape index (κ2) is 9.81. The number of para-hydroxylation sites is 1. The predicted octanol–water partition coefficient (Wildman–Crippen LogP) is 2.57. The summed E-state index contributed by atoms with van der Waals surface area (Å²) in [4.78, 5) is 44.9. The molecule has 9 nitrogen and oxygen atoms in total. The van der Waals surface area contributed by atoms with Gasteiger partial charge in [-0.3, -0.25) is 9.59 Å². The van der Waals surface area contributed by atoms with Crippen molar-refractivity contribution in [1.29, 1.82) is 0 Å². The first-order valence-corrected chi connectivity index (χ1v) is 11.1. The summed E-state index contributed by atoms with van der Waals surface area (Å²) in [5.74, 6) is 0.217. The molecule has 2 aromatic heterocycles. The molecule has 0 spiro atoms. The van der Waals surface area contributed by atoms with E-state index in [4.69, 9.17) is 4.42 Å². The van der Waals surface area contributed by atoms with E-state index in [1.54, 1.807) is 28.2 Å². The van der Waals surface area contributed by atoms with Crippen molar-refractivity contribution in [2.24, 2.45) is 5.92 Å². The number of fused-ring (bicyclic) bond motifs is 1. The van der Waals surface area contributed by atoms with Crippen LogP contribution in [0.15, 0.2) is 53.1 Å². The molecule has 0 aliphatic carbocycles. The van der Waals surface area contributed by atoms with Crippen LogP contribution in [-0.4, -0.2) is 64.9 Å². The van der Waals surface area contributed by atoms with E-state index < -0.39 is 6.04 Å². The standard InChI is InChI=1S/C24H29N5O4/c1-16(2)21(22(30)25-15-18-7-5-13-33-18)27-24(32)29-11-9-28(10-12-29)23(31)20-14-17-6-3-4-8-19(17)26-20/h3-8,13-14,16,21,26H,9-12,15H2,1-2H3,(H,25,30)(H,27,32)/t21-/m0/s1. The first kappa shape index (κ1) is 22.4. The summed E-state index contributed by atoms with van der Waals surface area (Å²) in [6, 6.07) is 12.2. The molecule has 1 aliphatic heterocycles. The van der Waals surface area contributed by atoms with E-state index in [0.29, 0.717) is 37.6 Å². The van der Waals surface area contributed by atoms with Gasteiger partial charge in [-0.25, -0.2) is 4.79 Å². The fourth-order valence-electron chi connectivity index (χ4n) is 3.93. The normalized spacial score (nSPS) is 15.0. The van der Waals surface area contributed by atoms with Gasteiger partial charge in [0.05, 0.1) is 12.8 Å². The zero-order valence-electron chi connectivity index (χ0n) is 18.8. The fraction of sp³-hybridized carbons (Fsp3) is 0.375. The van der Waals surface area contributed by atoms with E-state index in [1.807, 2.05) is 44.2 Å². The van der Waals surface area contributed by atoms with Gasteiger partial charge >= 0.3 is 6.03 Å². The molecule has 0 radical (unpaired) electrons. The van der Waals surface area contributed by atoms with Gasteiger partial charge in [0.15, 0.2) is 0 Å². The van der Waals surface area contributed by atoms with E-state index in [9.17, 15) is 14.4 Å². The summed E-state index contributed by atoms with van der Waals surface area (Å²) >= 11 is 0. The number of piperazine rings is 1.